The summed E-state index contributed by atoms with van der Waals surface area (Å²) in [6.07, 6.45) is 0. The molecule has 0 bridgehead atoms. The quantitative estimate of drug-likeness (QED) is 0.773. The van der Waals surface area contributed by atoms with E-state index in [-0.39, 0.29) is 30.9 Å². The van der Waals surface area contributed by atoms with Gasteiger partial charge in [-0.2, -0.15) is 0 Å². The van der Waals surface area contributed by atoms with Gasteiger partial charge in [-0.05, 0) is 12.1 Å². The van der Waals surface area contributed by atoms with Crippen molar-refractivity contribution in [3.8, 4) is 0 Å². The number of carbonyl (C=O) groups is 3. The first-order chi connectivity index (χ1) is 10.1. The molecule has 110 valence electrons. The van der Waals surface area contributed by atoms with Crippen LogP contribution in [-0.4, -0.2) is 55.0 Å². The van der Waals surface area contributed by atoms with Crippen LogP contribution >= 0.6 is 0 Å². The number of anilines is 1. The molecule has 0 spiro atoms. The van der Waals surface area contributed by atoms with Gasteiger partial charge in [0.2, 0.25) is 11.8 Å². The maximum absolute atomic E-state index is 12.2. The molecule has 1 atom stereocenters. The Balaban J connectivity index is 1.64. The van der Waals surface area contributed by atoms with Crippen LogP contribution in [0.1, 0.15) is 0 Å². The van der Waals surface area contributed by atoms with E-state index in [1.807, 2.05) is 30.3 Å². The summed E-state index contributed by atoms with van der Waals surface area (Å²) in [5.74, 6) is -0.326. The average Bonchev–Trinajstić information content (AvgIpc) is 2.94. The van der Waals surface area contributed by atoms with Gasteiger partial charge in [0.1, 0.15) is 12.6 Å². The third-order valence-electron chi connectivity index (χ3n) is 3.67. The molecule has 7 nitrogen and oxygen atoms in total. The van der Waals surface area contributed by atoms with E-state index in [9.17, 15) is 14.4 Å². The average molecular weight is 288 g/mol. The zero-order chi connectivity index (χ0) is 14.8. The Labute approximate surface area is 121 Å². The molecule has 0 saturated carbocycles. The molecule has 2 saturated heterocycles. The van der Waals surface area contributed by atoms with Gasteiger partial charge in [-0.1, -0.05) is 18.2 Å². The number of para-hydroxylation sites is 1. The van der Waals surface area contributed by atoms with E-state index in [0.717, 1.165) is 5.69 Å². The van der Waals surface area contributed by atoms with Gasteiger partial charge in [0.15, 0.2) is 0 Å². The molecule has 0 unspecified atom stereocenters. The van der Waals surface area contributed by atoms with Crippen molar-refractivity contribution in [1.82, 2.24) is 15.5 Å². The maximum atomic E-state index is 12.2. The van der Waals surface area contributed by atoms with Gasteiger partial charge in [-0.3, -0.25) is 9.59 Å². The molecule has 2 aliphatic rings. The third kappa shape index (κ3) is 2.67. The Hall–Kier alpha value is -2.57. The second kappa shape index (κ2) is 5.43. The maximum Gasteiger partial charge on any atom is 0.315 e. The first kappa shape index (κ1) is 13.4. The first-order valence-corrected chi connectivity index (χ1v) is 6.84. The largest absolute Gasteiger partial charge is 0.336 e. The van der Waals surface area contributed by atoms with Crippen molar-refractivity contribution in [3.05, 3.63) is 30.3 Å². The van der Waals surface area contributed by atoms with Gasteiger partial charge in [-0.25, -0.2) is 4.79 Å². The van der Waals surface area contributed by atoms with Gasteiger partial charge in [0.05, 0.1) is 0 Å². The SMILES string of the molecule is O=C1NC[C@H](C(=O)N2CCN(c3ccccc3)C(=O)C2)N1. The molecule has 0 aliphatic carbocycles. The van der Waals surface area contributed by atoms with Gasteiger partial charge in [0.25, 0.3) is 0 Å². The van der Waals surface area contributed by atoms with E-state index < -0.39 is 6.04 Å². The van der Waals surface area contributed by atoms with Gasteiger partial charge in [-0.15, -0.1) is 0 Å². The Morgan fingerprint density at radius 3 is 2.52 bits per heavy atom. The van der Waals surface area contributed by atoms with Crippen molar-refractivity contribution in [2.75, 3.05) is 31.1 Å². The minimum absolute atomic E-state index is 0.0418. The Kier molecular flexibility index (Phi) is 3.47. The summed E-state index contributed by atoms with van der Waals surface area (Å²) in [5, 5.41) is 5.09. The molecule has 7 heteroatoms. The lowest BCUT2D eigenvalue weighted by Gasteiger charge is -2.35. The molecule has 1 aromatic carbocycles. The molecule has 4 amide bonds. The summed E-state index contributed by atoms with van der Waals surface area (Å²) in [6, 6.07) is 8.46. The lowest BCUT2D eigenvalue weighted by molar-refractivity contribution is -0.138. The molecular formula is C14H16N4O3. The number of hydrogen-bond acceptors (Lipinski definition) is 3. The van der Waals surface area contributed by atoms with E-state index >= 15 is 0 Å². The van der Waals surface area contributed by atoms with Crippen molar-refractivity contribution >= 4 is 23.5 Å². The highest BCUT2D eigenvalue weighted by Gasteiger charge is 2.34. The summed E-state index contributed by atoms with van der Waals surface area (Å²) < 4.78 is 0. The summed E-state index contributed by atoms with van der Waals surface area (Å²) in [5.41, 5.74) is 0.838. The molecular weight excluding hydrogens is 272 g/mol. The molecule has 3 rings (SSSR count). The van der Waals surface area contributed by atoms with E-state index in [0.29, 0.717) is 13.1 Å². The van der Waals surface area contributed by atoms with E-state index in [4.69, 9.17) is 0 Å². The van der Waals surface area contributed by atoms with E-state index in [1.54, 1.807) is 4.90 Å². The van der Waals surface area contributed by atoms with E-state index in [2.05, 4.69) is 10.6 Å². The van der Waals surface area contributed by atoms with Crippen LogP contribution in [0.25, 0.3) is 0 Å². The zero-order valence-corrected chi connectivity index (χ0v) is 11.4. The minimum atomic E-state index is -0.575. The van der Waals surface area contributed by atoms with Crippen molar-refractivity contribution in [1.29, 1.82) is 0 Å². The fourth-order valence-electron chi connectivity index (χ4n) is 2.57. The Bertz CT molecular complexity index is 575. The predicted molar refractivity (Wildman–Crippen MR) is 75.7 cm³/mol. The van der Waals surface area contributed by atoms with Crippen molar-refractivity contribution in [2.24, 2.45) is 0 Å². The van der Waals surface area contributed by atoms with Gasteiger partial charge < -0.3 is 20.4 Å². The number of benzene rings is 1. The van der Waals surface area contributed by atoms with Crippen LogP contribution < -0.4 is 15.5 Å². The number of hydrogen-bond donors (Lipinski definition) is 2. The van der Waals surface area contributed by atoms with Gasteiger partial charge in [0, 0.05) is 25.3 Å². The van der Waals surface area contributed by atoms with Gasteiger partial charge >= 0.3 is 6.03 Å². The standard InChI is InChI=1S/C14H16N4O3/c19-12-9-17(13(20)11-8-15-14(21)16-11)6-7-18(12)10-4-2-1-3-5-10/h1-5,11H,6-9H2,(H2,15,16,21)/t11-/m1/s1. The summed E-state index contributed by atoms with van der Waals surface area (Å²) in [7, 11) is 0. The fourth-order valence-corrected chi connectivity index (χ4v) is 2.57. The molecule has 2 N–H and O–H groups in total. The number of amides is 4. The number of nitrogens with zero attached hydrogens (tertiary/aromatic N) is 2. The number of piperazine rings is 1. The highest BCUT2D eigenvalue weighted by molar-refractivity contribution is 5.99. The lowest BCUT2D eigenvalue weighted by Crippen LogP contribution is -2.56. The molecule has 21 heavy (non-hydrogen) atoms. The van der Waals surface area contributed by atoms with Crippen molar-refractivity contribution in [3.63, 3.8) is 0 Å². The molecule has 0 aromatic heterocycles. The Morgan fingerprint density at radius 2 is 1.90 bits per heavy atom. The second-order valence-corrected chi connectivity index (χ2v) is 5.05. The number of nitrogens with one attached hydrogen (secondary N) is 2. The van der Waals surface area contributed by atoms with Crippen LogP contribution in [0, 0.1) is 0 Å². The molecule has 2 fully saturated rings. The van der Waals surface area contributed by atoms with Crippen LogP contribution in [0.15, 0.2) is 30.3 Å². The van der Waals surface area contributed by atoms with Crippen LogP contribution in [0.3, 0.4) is 0 Å². The van der Waals surface area contributed by atoms with Crippen molar-refractivity contribution in [2.45, 2.75) is 6.04 Å². The normalized spacial score (nSPS) is 22.0. The molecule has 0 radical (unpaired) electrons. The second-order valence-electron chi connectivity index (χ2n) is 5.05. The monoisotopic (exact) mass is 288 g/mol. The number of carbonyl (C=O) groups excluding carboxylic acids is 3. The van der Waals surface area contributed by atoms with Crippen molar-refractivity contribution < 1.29 is 14.4 Å². The Morgan fingerprint density at radius 1 is 1.14 bits per heavy atom. The summed E-state index contributed by atoms with van der Waals surface area (Å²) in [4.78, 5) is 38.7. The predicted octanol–water partition coefficient (Wildman–Crippen LogP) is -0.457. The third-order valence-corrected chi connectivity index (χ3v) is 3.67. The summed E-state index contributed by atoms with van der Waals surface area (Å²) in [6.45, 7) is 1.24. The smallest absolute Gasteiger partial charge is 0.315 e. The molecule has 2 aliphatic heterocycles. The van der Waals surface area contributed by atoms with Crippen LogP contribution in [0.5, 0.6) is 0 Å². The lowest BCUT2D eigenvalue weighted by atomic mass is 10.2. The zero-order valence-electron chi connectivity index (χ0n) is 11.4. The molecule has 2 heterocycles. The summed E-state index contributed by atoms with van der Waals surface area (Å²) >= 11 is 0. The number of urea groups is 1. The van der Waals surface area contributed by atoms with E-state index in [1.165, 1.54) is 4.90 Å². The number of rotatable bonds is 2. The molecule has 1 aromatic rings. The highest BCUT2D eigenvalue weighted by atomic mass is 16.2. The minimum Gasteiger partial charge on any atom is -0.336 e. The van der Waals surface area contributed by atoms with Crippen LogP contribution in [0.2, 0.25) is 0 Å². The first-order valence-electron chi connectivity index (χ1n) is 6.84. The van der Waals surface area contributed by atoms with Crippen LogP contribution in [0.4, 0.5) is 10.5 Å². The highest BCUT2D eigenvalue weighted by Crippen LogP contribution is 2.17. The topological polar surface area (TPSA) is 81.8 Å². The fraction of sp³-hybridized carbons (Fsp3) is 0.357. The van der Waals surface area contributed by atoms with Crippen LogP contribution in [-0.2, 0) is 9.59 Å².